The number of carbonyl (C=O) groups excluding carboxylic acids is 1. The third kappa shape index (κ3) is 6.14. The van der Waals surface area contributed by atoms with Gasteiger partial charge in [0.1, 0.15) is 5.69 Å². The van der Waals surface area contributed by atoms with Gasteiger partial charge in [0, 0.05) is 11.9 Å². The number of anilines is 2. The summed E-state index contributed by atoms with van der Waals surface area (Å²) >= 11 is 0. The van der Waals surface area contributed by atoms with Crippen molar-refractivity contribution in [1.82, 2.24) is 10.3 Å². The minimum absolute atomic E-state index is 0.0102. The summed E-state index contributed by atoms with van der Waals surface area (Å²) < 4.78 is 47.0. The maximum atomic E-state index is 13.5. The minimum Gasteiger partial charge on any atom is -0.861 e. The number of hydrogen-bond donors (Lipinski definition) is 2. The van der Waals surface area contributed by atoms with Gasteiger partial charge in [-0.1, -0.05) is 36.4 Å². The molecule has 0 radical (unpaired) electrons. The quantitative estimate of drug-likeness (QED) is 0.214. The second-order valence-corrected chi connectivity index (χ2v) is 8.74. The molecule has 0 spiro atoms. The molecule has 1 aliphatic rings. The average molecular weight is 522 g/mol. The molecule has 2 aromatic carbocycles. The number of aliphatic imine (C=N–C) groups is 1. The minimum atomic E-state index is -4.71. The Labute approximate surface area is 214 Å². The van der Waals surface area contributed by atoms with Crippen LogP contribution < -0.4 is 20.4 Å². The molecule has 2 amide bonds. The fourth-order valence-corrected chi connectivity index (χ4v) is 4.00. The van der Waals surface area contributed by atoms with Gasteiger partial charge in [0.15, 0.2) is 0 Å². The van der Waals surface area contributed by atoms with Crippen LogP contribution in [0.3, 0.4) is 0 Å². The van der Waals surface area contributed by atoms with Crippen LogP contribution in [-0.4, -0.2) is 22.2 Å². The Balaban J connectivity index is 1.28. The molecule has 1 fully saturated rings. The molecule has 0 saturated heterocycles. The lowest BCUT2D eigenvalue weighted by molar-refractivity contribution is -0.755. The van der Waals surface area contributed by atoms with E-state index in [1.165, 1.54) is 16.9 Å². The number of urea groups is 1. The van der Waals surface area contributed by atoms with Gasteiger partial charge in [0.05, 0.1) is 11.3 Å². The van der Waals surface area contributed by atoms with Crippen molar-refractivity contribution >= 4 is 29.2 Å². The maximum absolute atomic E-state index is 13.5. The van der Waals surface area contributed by atoms with Crippen LogP contribution in [0.25, 0.3) is 0 Å². The van der Waals surface area contributed by atoms with E-state index in [-0.39, 0.29) is 29.7 Å². The van der Waals surface area contributed by atoms with Gasteiger partial charge >= 0.3 is 18.1 Å². The molecular weight excluding hydrogens is 501 g/mol. The molecule has 0 bridgehead atoms. The summed E-state index contributed by atoms with van der Waals surface area (Å²) in [6, 6.07) is 16.6. The number of nitrogens with one attached hydrogen (secondary N) is 2. The molecule has 0 aliphatic heterocycles. The SMILES string of the molecule is O=C(Nc1cc(N=C([O-])C2CC2c2ccccc2)cc(C(F)(F)F)c1)Nc1c[n+](Cc2ccccn2)no1. The zero-order valence-electron chi connectivity index (χ0n) is 19.7. The molecule has 9 nitrogen and oxygen atoms in total. The summed E-state index contributed by atoms with van der Waals surface area (Å²) in [6.07, 6.45) is -1.11. The molecule has 38 heavy (non-hydrogen) atoms. The van der Waals surface area contributed by atoms with Gasteiger partial charge in [-0.25, -0.2) is 4.79 Å². The number of pyridine rings is 1. The van der Waals surface area contributed by atoms with Gasteiger partial charge in [-0.05, 0) is 64.7 Å². The second kappa shape index (κ2) is 10.3. The number of amides is 2. The molecule has 1 saturated carbocycles. The second-order valence-electron chi connectivity index (χ2n) is 8.74. The summed E-state index contributed by atoms with van der Waals surface area (Å²) in [5, 5.41) is 21.1. The maximum Gasteiger partial charge on any atom is 0.416 e. The van der Waals surface area contributed by atoms with Crippen molar-refractivity contribution in [3.8, 4) is 0 Å². The molecule has 194 valence electrons. The largest absolute Gasteiger partial charge is 0.861 e. The van der Waals surface area contributed by atoms with Gasteiger partial charge < -0.3 is 10.4 Å². The van der Waals surface area contributed by atoms with E-state index in [0.29, 0.717) is 12.1 Å². The lowest BCUT2D eigenvalue weighted by atomic mass is 10.1. The van der Waals surface area contributed by atoms with Crippen LogP contribution in [0, 0.1) is 5.92 Å². The lowest BCUT2D eigenvalue weighted by Gasteiger charge is -2.14. The Bertz CT molecular complexity index is 1460. The summed E-state index contributed by atoms with van der Waals surface area (Å²) in [5.74, 6) is -0.946. The molecule has 5 rings (SSSR count). The Morgan fingerprint density at radius 2 is 1.89 bits per heavy atom. The van der Waals surface area contributed by atoms with Crippen LogP contribution >= 0.6 is 0 Å². The van der Waals surface area contributed by atoms with Crippen LogP contribution in [-0.2, 0) is 12.7 Å². The molecule has 2 heterocycles. The van der Waals surface area contributed by atoms with Crippen LogP contribution in [0.2, 0.25) is 0 Å². The highest BCUT2D eigenvalue weighted by atomic mass is 19.4. The van der Waals surface area contributed by atoms with Gasteiger partial charge in [0.25, 0.3) is 6.20 Å². The van der Waals surface area contributed by atoms with Crippen molar-refractivity contribution in [2.45, 2.75) is 25.1 Å². The van der Waals surface area contributed by atoms with E-state index >= 15 is 0 Å². The van der Waals surface area contributed by atoms with E-state index in [1.807, 2.05) is 36.4 Å². The monoisotopic (exact) mass is 522 g/mol. The molecular formula is C26H21F3N6O3. The van der Waals surface area contributed by atoms with Crippen LogP contribution in [0.4, 0.5) is 35.2 Å². The van der Waals surface area contributed by atoms with Gasteiger partial charge in [-0.3, -0.25) is 19.8 Å². The van der Waals surface area contributed by atoms with E-state index in [9.17, 15) is 23.1 Å². The Morgan fingerprint density at radius 1 is 1.11 bits per heavy atom. The Kier molecular flexibility index (Phi) is 6.77. The highest BCUT2D eigenvalue weighted by molar-refractivity contribution is 5.99. The highest BCUT2D eigenvalue weighted by Gasteiger charge is 2.38. The van der Waals surface area contributed by atoms with Crippen molar-refractivity contribution in [2.75, 3.05) is 10.6 Å². The Hall–Kier alpha value is -4.74. The first-order chi connectivity index (χ1) is 18.2. The van der Waals surface area contributed by atoms with E-state index in [4.69, 9.17) is 4.52 Å². The molecule has 1 aliphatic carbocycles. The lowest BCUT2D eigenvalue weighted by Crippen LogP contribution is -2.35. The first kappa shape index (κ1) is 24.9. The molecule has 12 heteroatoms. The summed E-state index contributed by atoms with van der Waals surface area (Å²) in [5.41, 5.74) is 0.243. The number of carbonyl (C=O) groups is 1. The number of benzene rings is 2. The number of aromatic nitrogens is 3. The smallest absolute Gasteiger partial charge is 0.416 e. The van der Waals surface area contributed by atoms with Crippen molar-refractivity contribution in [3.05, 3.63) is 95.9 Å². The van der Waals surface area contributed by atoms with Crippen molar-refractivity contribution in [3.63, 3.8) is 0 Å². The fraction of sp³-hybridized carbons (Fsp3) is 0.192. The highest BCUT2D eigenvalue weighted by Crippen LogP contribution is 2.47. The molecule has 2 atom stereocenters. The molecule has 4 aromatic rings. The van der Waals surface area contributed by atoms with Gasteiger partial charge in [0.2, 0.25) is 11.8 Å². The van der Waals surface area contributed by atoms with Crippen LogP contribution in [0.15, 0.2) is 88.6 Å². The first-order valence-corrected chi connectivity index (χ1v) is 11.6. The Morgan fingerprint density at radius 3 is 2.63 bits per heavy atom. The van der Waals surface area contributed by atoms with Crippen molar-refractivity contribution in [1.29, 1.82) is 0 Å². The zero-order chi connectivity index (χ0) is 26.7. The van der Waals surface area contributed by atoms with E-state index in [2.05, 4.69) is 25.9 Å². The number of nitrogens with zero attached hydrogens (tertiary/aromatic N) is 4. The van der Waals surface area contributed by atoms with Crippen LogP contribution in [0.1, 0.15) is 29.2 Å². The summed E-state index contributed by atoms with van der Waals surface area (Å²) in [7, 11) is 0. The van der Waals surface area contributed by atoms with Crippen LogP contribution in [0.5, 0.6) is 0 Å². The number of hydrogen-bond acceptors (Lipinski definition) is 6. The standard InChI is InChI=1S/C26H21F3N6O3/c27-26(28,29)17-10-19(31-24(36)22-13-21(22)16-6-2-1-3-7-16)12-20(11-17)32-25(37)33-23-15-35(34-38-23)14-18-8-4-5-9-30-18/h1-12,15,21-22H,13-14H2,(H2-,31,32,33,34,36,37). The van der Waals surface area contributed by atoms with Gasteiger partial charge in [-0.15, -0.1) is 0 Å². The average Bonchev–Trinajstić information content (AvgIpc) is 3.58. The van der Waals surface area contributed by atoms with E-state index in [1.54, 1.807) is 18.3 Å². The zero-order valence-corrected chi connectivity index (χ0v) is 19.7. The number of alkyl halides is 3. The summed E-state index contributed by atoms with van der Waals surface area (Å²) in [4.78, 5) is 20.5. The molecule has 2 aromatic heterocycles. The van der Waals surface area contributed by atoms with Gasteiger partial charge in [-0.2, -0.15) is 13.2 Å². The van der Waals surface area contributed by atoms with E-state index in [0.717, 1.165) is 17.7 Å². The topological polar surface area (TPSA) is 119 Å². The van der Waals surface area contributed by atoms with Crippen molar-refractivity contribution in [2.24, 2.45) is 10.9 Å². The fourth-order valence-electron chi connectivity index (χ4n) is 4.00. The molecule has 2 N–H and O–H groups in total. The third-order valence-corrected chi connectivity index (χ3v) is 5.87. The third-order valence-electron chi connectivity index (χ3n) is 5.87. The van der Waals surface area contributed by atoms with Crippen molar-refractivity contribution < 1.29 is 32.3 Å². The van der Waals surface area contributed by atoms with E-state index < -0.39 is 29.6 Å². The number of halogens is 3. The number of rotatable bonds is 7. The predicted molar refractivity (Wildman–Crippen MR) is 129 cm³/mol. The predicted octanol–water partition coefficient (Wildman–Crippen LogP) is 4.26. The molecule has 2 unspecified atom stereocenters. The normalized spacial score (nSPS) is 17.2. The first-order valence-electron chi connectivity index (χ1n) is 11.6. The summed E-state index contributed by atoms with van der Waals surface area (Å²) in [6.45, 7) is 0.284.